The number of morpholine rings is 1. The molecule has 0 aromatic heterocycles. The van der Waals surface area contributed by atoms with E-state index in [0.29, 0.717) is 19.5 Å². The summed E-state index contributed by atoms with van der Waals surface area (Å²) in [5.74, 6) is -1.44. The molecule has 2 aliphatic heterocycles. The summed E-state index contributed by atoms with van der Waals surface area (Å²) in [6.07, 6.45) is 3.16. The highest BCUT2D eigenvalue weighted by atomic mass is 16.5. The zero-order valence-electron chi connectivity index (χ0n) is 16.7. The van der Waals surface area contributed by atoms with Gasteiger partial charge in [-0.15, -0.1) is 0 Å². The van der Waals surface area contributed by atoms with Gasteiger partial charge in [-0.1, -0.05) is 19.8 Å². The first-order valence-electron chi connectivity index (χ1n) is 9.96. The molecule has 2 heterocycles. The van der Waals surface area contributed by atoms with Crippen molar-refractivity contribution in [3.8, 4) is 0 Å². The third kappa shape index (κ3) is 3.99. The molecule has 2 saturated heterocycles. The van der Waals surface area contributed by atoms with Crippen molar-refractivity contribution in [3.63, 3.8) is 0 Å². The molecular formula is C19H29N3O6. The minimum Gasteiger partial charge on any atom is -0.454 e. The summed E-state index contributed by atoms with van der Waals surface area (Å²) in [4.78, 5) is 52.1. The molecular weight excluding hydrogens is 366 g/mol. The van der Waals surface area contributed by atoms with Crippen LogP contribution < -0.4 is 5.32 Å². The van der Waals surface area contributed by atoms with Crippen LogP contribution in [0.3, 0.4) is 0 Å². The van der Waals surface area contributed by atoms with Gasteiger partial charge in [0.1, 0.15) is 12.1 Å². The number of esters is 1. The van der Waals surface area contributed by atoms with E-state index in [1.807, 2.05) is 20.8 Å². The maximum absolute atomic E-state index is 12.8. The Kier molecular flexibility index (Phi) is 5.92. The van der Waals surface area contributed by atoms with E-state index >= 15 is 0 Å². The first-order chi connectivity index (χ1) is 13.2. The minimum atomic E-state index is -0.911. The standard InChI is InChI=1S/C19H29N3O6/c1-12-6-4-5-7-19(12)17(25)22(18(26)20-19)10-16(24)27-11-15(23)21-8-13(2)28-14(3)9-21/h12-14H,4-11H2,1-3H3,(H,20,26)/t12-,13-,14+,19-/m0/s1. The Morgan fingerprint density at radius 2 is 1.86 bits per heavy atom. The van der Waals surface area contributed by atoms with Crippen molar-refractivity contribution in [2.75, 3.05) is 26.2 Å². The van der Waals surface area contributed by atoms with Crippen molar-refractivity contribution in [2.24, 2.45) is 5.92 Å². The SMILES string of the molecule is C[C@@H]1CN(C(=O)COC(=O)CN2C(=O)N[C@]3(CCCC[C@@H]3C)C2=O)C[C@H](C)O1. The van der Waals surface area contributed by atoms with Gasteiger partial charge in [0.05, 0.1) is 12.2 Å². The second-order valence-electron chi connectivity index (χ2n) is 8.16. The van der Waals surface area contributed by atoms with Gasteiger partial charge in [-0.2, -0.15) is 0 Å². The van der Waals surface area contributed by atoms with Crippen LogP contribution >= 0.6 is 0 Å². The molecule has 9 nitrogen and oxygen atoms in total. The fourth-order valence-corrected chi connectivity index (χ4v) is 4.43. The van der Waals surface area contributed by atoms with Crippen LogP contribution in [0.15, 0.2) is 0 Å². The topological polar surface area (TPSA) is 105 Å². The van der Waals surface area contributed by atoms with Crippen LogP contribution in [-0.2, 0) is 23.9 Å². The number of imide groups is 1. The molecule has 4 atom stereocenters. The highest BCUT2D eigenvalue weighted by molar-refractivity contribution is 6.09. The van der Waals surface area contributed by atoms with Gasteiger partial charge in [-0.3, -0.25) is 19.3 Å². The van der Waals surface area contributed by atoms with Gasteiger partial charge in [-0.05, 0) is 32.6 Å². The summed E-state index contributed by atoms with van der Waals surface area (Å²) in [5.41, 5.74) is -0.911. The van der Waals surface area contributed by atoms with Crippen LogP contribution in [0.2, 0.25) is 0 Å². The molecule has 0 bridgehead atoms. The number of carbonyl (C=O) groups excluding carboxylic acids is 4. The van der Waals surface area contributed by atoms with Crippen LogP contribution in [-0.4, -0.2) is 77.6 Å². The third-order valence-electron chi connectivity index (χ3n) is 5.92. The number of urea groups is 1. The summed E-state index contributed by atoms with van der Waals surface area (Å²) >= 11 is 0. The number of rotatable bonds is 4. The zero-order chi connectivity index (χ0) is 20.5. The summed E-state index contributed by atoms with van der Waals surface area (Å²) in [5, 5.41) is 2.79. The first kappa shape index (κ1) is 20.6. The molecule has 3 rings (SSSR count). The van der Waals surface area contributed by atoms with Gasteiger partial charge < -0.3 is 19.7 Å². The molecule has 1 spiro atoms. The Balaban J connectivity index is 1.53. The first-order valence-corrected chi connectivity index (χ1v) is 9.96. The molecule has 3 fully saturated rings. The predicted octanol–water partition coefficient (Wildman–Crippen LogP) is 0.666. The largest absolute Gasteiger partial charge is 0.454 e. The molecule has 0 aromatic carbocycles. The fraction of sp³-hybridized carbons (Fsp3) is 0.789. The number of carbonyl (C=O) groups is 4. The summed E-state index contributed by atoms with van der Waals surface area (Å²) < 4.78 is 10.6. The lowest BCUT2D eigenvalue weighted by Crippen LogP contribution is -2.54. The van der Waals surface area contributed by atoms with E-state index in [2.05, 4.69) is 5.32 Å². The lowest BCUT2D eigenvalue weighted by Gasteiger charge is -2.36. The minimum absolute atomic E-state index is 0.0191. The quantitative estimate of drug-likeness (QED) is 0.554. The van der Waals surface area contributed by atoms with Gasteiger partial charge in [0.25, 0.3) is 11.8 Å². The van der Waals surface area contributed by atoms with Crippen molar-refractivity contribution in [1.29, 1.82) is 0 Å². The Labute approximate surface area is 164 Å². The highest BCUT2D eigenvalue weighted by Gasteiger charge is 2.55. The number of hydrogen-bond acceptors (Lipinski definition) is 6. The van der Waals surface area contributed by atoms with Crippen LogP contribution in [0.5, 0.6) is 0 Å². The van der Waals surface area contributed by atoms with Crippen molar-refractivity contribution in [1.82, 2.24) is 15.1 Å². The molecule has 28 heavy (non-hydrogen) atoms. The summed E-state index contributed by atoms with van der Waals surface area (Å²) in [6.45, 7) is 5.68. The van der Waals surface area contributed by atoms with Gasteiger partial charge in [0.2, 0.25) is 0 Å². The van der Waals surface area contributed by atoms with Gasteiger partial charge in [0, 0.05) is 13.1 Å². The number of amides is 4. The van der Waals surface area contributed by atoms with E-state index in [1.54, 1.807) is 4.90 Å². The summed E-state index contributed by atoms with van der Waals surface area (Å²) in [7, 11) is 0. The van der Waals surface area contributed by atoms with E-state index < -0.39 is 30.7 Å². The number of ether oxygens (including phenoxy) is 2. The maximum atomic E-state index is 12.8. The average molecular weight is 395 g/mol. The van der Waals surface area contributed by atoms with Crippen molar-refractivity contribution >= 4 is 23.8 Å². The van der Waals surface area contributed by atoms with Crippen LogP contribution in [0.25, 0.3) is 0 Å². The molecule has 0 aromatic rings. The van der Waals surface area contributed by atoms with Gasteiger partial charge in [0.15, 0.2) is 6.61 Å². The second kappa shape index (κ2) is 8.06. The molecule has 3 aliphatic rings. The predicted molar refractivity (Wildman–Crippen MR) is 98.2 cm³/mol. The molecule has 0 unspecified atom stereocenters. The second-order valence-corrected chi connectivity index (χ2v) is 8.16. The molecule has 4 amide bonds. The third-order valence-corrected chi connectivity index (χ3v) is 5.92. The Hall–Kier alpha value is -2.16. The van der Waals surface area contributed by atoms with Crippen molar-refractivity contribution in [2.45, 2.75) is 64.2 Å². The Morgan fingerprint density at radius 1 is 1.18 bits per heavy atom. The zero-order valence-corrected chi connectivity index (χ0v) is 16.7. The van der Waals surface area contributed by atoms with E-state index in [1.165, 1.54) is 0 Å². The van der Waals surface area contributed by atoms with E-state index in [9.17, 15) is 19.2 Å². The molecule has 1 aliphatic carbocycles. The number of nitrogens with one attached hydrogen (secondary N) is 1. The average Bonchev–Trinajstić information content (AvgIpc) is 2.86. The van der Waals surface area contributed by atoms with E-state index in [-0.39, 0.29) is 29.9 Å². The molecule has 9 heteroatoms. The van der Waals surface area contributed by atoms with Crippen LogP contribution in [0.4, 0.5) is 4.79 Å². The fourth-order valence-electron chi connectivity index (χ4n) is 4.43. The number of nitrogens with zero attached hydrogens (tertiary/aromatic N) is 2. The highest BCUT2D eigenvalue weighted by Crippen LogP contribution is 2.38. The lowest BCUT2D eigenvalue weighted by atomic mass is 9.73. The normalized spacial score (nSPS) is 33.2. The monoisotopic (exact) mass is 395 g/mol. The van der Waals surface area contributed by atoms with E-state index in [0.717, 1.165) is 24.2 Å². The molecule has 1 saturated carbocycles. The van der Waals surface area contributed by atoms with Crippen molar-refractivity contribution < 1.29 is 28.7 Å². The Bertz CT molecular complexity index is 658. The van der Waals surface area contributed by atoms with Gasteiger partial charge >= 0.3 is 12.0 Å². The lowest BCUT2D eigenvalue weighted by molar-refractivity contribution is -0.158. The van der Waals surface area contributed by atoms with Gasteiger partial charge in [-0.25, -0.2) is 4.79 Å². The number of hydrogen-bond donors (Lipinski definition) is 1. The molecule has 0 radical (unpaired) electrons. The summed E-state index contributed by atoms with van der Waals surface area (Å²) in [6, 6.07) is -0.571. The molecule has 156 valence electrons. The smallest absolute Gasteiger partial charge is 0.326 e. The molecule has 1 N–H and O–H groups in total. The van der Waals surface area contributed by atoms with Crippen LogP contribution in [0, 0.1) is 5.92 Å². The van der Waals surface area contributed by atoms with Crippen molar-refractivity contribution in [3.05, 3.63) is 0 Å². The Morgan fingerprint density at radius 3 is 2.50 bits per heavy atom. The van der Waals surface area contributed by atoms with Crippen LogP contribution in [0.1, 0.15) is 46.5 Å². The maximum Gasteiger partial charge on any atom is 0.326 e. The van der Waals surface area contributed by atoms with E-state index in [4.69, 9.17) is 9.47 Å².